The third-order valence-electron chi connectivity index (χ3n) is 4.37. The van der Waals surface area contributed by atoms with Crippen molar-refractivity contribution in [2.24, 2.45) is 16.7 Å². The van der Waals surface area contributed by atoms with Crippen molar-refractivity contribution < 1.29 is 14.3 Å². The summed E-state index contributed by atoms with van der Waals surface area (Å²) < 4.78 is 10.7. The second-order valence-corrected chi connectivity index (χ2v) is 5.44. The molecule has 0 N–H and O–H groups in total. The Balaban J connectivity index is 2.30. The molecule has 0 aromatic rings. The molecule has 1 heterocycles. The zero-order chi connectivity index (χ0) is 10.6. The molecular formula is C11H18O3. The van der Waals surface area contributed by atoms with E-state index in [2.05, 4.69) is 27.7 Å². The summed E-state index contributed by atoms with van der Waals surface area (Å²) in [5.41, 5.74) is 0.0729. The van der Waals surface area contributed by atoms with Gasteiger partial charge in [-0.1, -0.05) is 27.7 Å². The van der Waals surface area contributed by atoms with Gasteiger partial charge in [0.15, 0.2) is 5.78 Å². The molecule has 3 heteroatoms. The first-order chi connectivity index (χ1) is 6.39. The molecule has 0 spiro atoms. The Bertz CT molecular complexity index is 268. The maximum absolute atomic E-state index is 11.8. The normalized spacial score (nSPS) is 39.6. The number of carbonyl (C=O) groups excluding carboxylic acids is 1. The Morgan fingerprint density at radius 1 is 1.21 bits per heavy atom. The molecule has 2 atom stereocenters. The molecule has 1 aliphatic carbocycles. The van der Waals surface area contributed by atoms with Gasteiger partial charge in [0.25, 0.3) is 0 Å². The van der Waals surface area contributed by atoms with Crippen LogP contribution in [0.3, 0.4) is 0 Å². The summed E-state index contributed by atoms with van der Waals surface area (Å²) in [6.07, 6.45) is 0.0347. The SMILES string of the molecule is CC1(C)[C@H]2OCOCC(=O)[C@@H]2C1(C)C. The number of hydrogen-bond acceptors (Lipinski definition) is 3. The summed E-state index contributed by atoms with van der Waals surface area (Å²) in [7, 11) is 0. The van der Waals surface area contributed by atoms with Crippen molar-refractivity contribution in [1.29, 1.82) is 0 Å². The molecule has 1 saturated carbocycles. The van der Waals surface area contributed by atoms with Crippen molar-refractivity contribution in [3.05, 3.63) is 0 Å². The van der Waals surface area contributed by atoms with E-state index >= 15 is 0 Å². The highest BCUT2D eigenvalue weighted by Gasteiger charge is 2.65. The Hall–Kier alpha value is -0.410. The smallest absolute Gasteiger partial charge is 0.164 e. The van der Waals surface area contributed by atoms with Gasteiger partial charge in [0.2, 0.25) is 0 Å². The van der Waals surface area contributed by atoms with Gasteiger partial charge in [-0.05, 0) is 10.8 Å². The second-order valence-electron chi connectivity index (χ2n) is 5.44. The summed E-state index contributed by atoms with van der Waals surface area (Å²) in [6, 6.07) is 0. The molecule has 0 amide bonds. The van der Waals surface area contributed by atoms with Crippen LogP contribution < -0.4 is 0 Å². The van der Waals surface area contributed by atoms with Gasteiger partial charge in [-0.2, -0.15) is 0 Å². The molecular weight excluding hydrogens is 180 g/mol. The predicted molar refractivity (Wildman–Crippen MR) is 51.8 cm³/mol. The van der Waals surface area contributed by atoms with Gasteiger partial charge < -0.3 is 9.47 Å². The molecule has 1 aliphatic heterocycles. The lowest BCUT2D eigenvalue weighted by Crippen LogP contribution is -2.66. The number of hydrogen-bond donors (Lipinski definition) is 0. The fourth-order valence-electron chi connectivity index (χ4n) is 2.70. The van der Waals surface area contributed by atoms with Crippen LogP contribution in [0.25, 0.3) is 0 Å². The number of ether oxygens (including phenoxy) is 2. The molecule has 2 rings (SSSR count). The van der Waals surface area contributed by atoms with Crippen LogP contribution in [0.2, 0.25) is 0 Å². The monoisotopic (exact) mass is 198 g/mol. The van der Waals surface area contributed by atoms with Gasteiger partial charge in [0, 0.05) is 0 Å². The summed E-state index contributed by atoms with van der Waals surface area (Å²) in [4.78, 5) is 11.8. The van der Waals surface area contributed by atoms with E-state index in [0.717, 1.165) is 0 Å². The van der Waals surface area contributed by atoms with Crippen molar-refractivity contribution in [2.75, 3.05) is 13.4 Å². The lowest BCUT2D eigenvalue weighted by atomic mass is 9.44. The van der Waals surface area contributed by atoms with Crippen LogP contribution in [-0.2, 0) is 14.3 Å². The minimum absolute atomic E-state index is 0.0139. The second kappa shape index (κ2) is 2.80. The van der Waals surface area contributed by atoms with Crippen LogP contribution >= 0.6 is 0 Å². The van der Waals surface area contributed by atoms with E-state index in [1.807, 2.05) is 0 Å². The zero-order valence-electron chi connectivity index (χ0n) is 9.29. The van der Waals surface area contributed by atoms with Crippen LogP contribution in [0.15, 0.2) is 0 Å². The molecule has 0 bridgehead atoms. The maximum atomic E-state index is 11.8. The molecule has 2 aliphatic rings. The lowest BCUT2D eigenvalue weighted by Gasteiger charge is -2.62. The van der Waals surface area contributed by atoms with E-state index in [9.17, 15) is 4.79 Å². The van der Waals surface area contributed by atoms with Crippen LogP contribution in [0.4, 0.5) is 0 Å². The molecule has 1 saturated heterocycles. The van der Waals surface area contributed by atoms with Gasteiger partial charge in [-0.25, -0.2) is 0 Å². The zero-order valence-corrected chi connectivity index (χ0v) is 9.29. The highest BCUT2D eigenvalue weighted by molar-refractivity contribution is 5.85. The Morgan fingerprint density at radius 2 is 1.86 bits per heavy atom. The Labute approximate surface area is 84.8 Å². The highest BCUT2D eigenvalue weighted by Crippen LogP contribution is 2.61. The first-order valence-corrected chi connectivity index (χ1v) is 5.11. The van der Waals surface area contributed by atoms with Crippen LogP contribution in [-0.4, -0.2) is 25.3 Å². The summed E-state index contributed by atoms with van der Waals surface area (Å²) >= 11 is 0. The number of carbonyl (C=O) groups is 1. The molecule has 0 aromatic heterocycles. The first-order valence-electron chi connectivity index (χ1n) is 5.11. The van der Waals surface area contributed by atoms with Gasteiger partial charge >= 0.3 is 0 Å². The van der Waals surface area contributed by atoms with E-state index in [4.69, 9.17) is 9.47 Å². The molecule has 14 heavy (non-hydrogen) atoms. The predicted octanol–water partition coefficient (Wildman–Crippen LogP) is 1.61. The van der Waals surface area contributed by atoms with Crippen molar-refractivity contribution in [3.8, 4) is 0 Å². The molecule has 0 aromatic carbocycles. The van der Waals surface area contributed by atoms with Crippen molar-refractivity contribution >= 4 is 5.78 Å². The fraction of sp³-hybridized carbons (Fsp3) is 0.909. The van der Waals surface area contributed by atoms with E-state index in [1.54, 1.807) is 0 Å². The van der Waals surface area contributed by atoms with Crippen molar-refractivity contribution in [2.45, 2.75) is 33.8 Å². The van der Waals surface area contributed by atoms with Gasteiger partial charge in [-0.15, -0.1) is 0 Å². The van der Waals surface area contributed by atoms with Crippen LogP contribution in [0, 0.1) is 16.7 Å². The number of fused-ring (bicyclic) bond motifs is 1. The van der Waals surface area contributed by atoms with Crippen molar-refractivity contribution in [1.82, 2.24) is 0 Å². The molecule has 0 radical (unpaired) electrons. The van der Waals surface area contributed by atoms with E-state index in [1.165, 1.54) is 0 Å². The van der Waals surface area contributed by atoms with Gasteiger partial charge in [0.05, 0.1) is 12.0 Å². The van der Waals surface area contributed by atoms with E-state index < -0.39 is 0 Å². The third kappa shape index (κ3) is 1.03. The topological polar surface area (TPSA) is 35.5 Å². The number of Topliss-reactive ketones (excluding diaryl/α,β-unsaturated/α-hetero) is 1. The third-order valence-corrected chi connectivity index (χ3v) is 4.37. The molecule has 3 nitrogen and oxygen atoms in total. The largest absolute Gasteiger partial charge is 0.351 e. The quantitative estimate of drug-likeness (QED) is 0.593. The van der Waals surface area contributed by atoms with E-state index in [0.29, 0.717) is 0 Å². The lowest BCUT2D eigenvalue weighted by molar-refractivity contribution is -0.237. The standard InChI is InChI=1S/C11H18O3/c1-10(2)8-7(12)5-13-6-14-9(8)11(10,3)4/h8-9H,5-6H2,1-4H3/t8-,9-/m0/s1. The van der Waals surface area contributed by atoms with Crippen LogP contribution in [0.1, 0.15) is 27.7 Å². The van der Waals surface area contributed by atoms with Gasteiger partial charge in [0.1, 0.15) is 13.4 Å². The summed E-state index contributed by atoms with van der Waals surface area (Å²) in [5.74, 6) is 0.205. The molecule has 2 fully saturated rings. The Morgan fingerprint density at radius 3 is 2.50 bits per heavy atom. The average molecular weight is 198 g/mol. The minimum atomic E-state index is 0.0139. The Kier molecular flexibility index (Phi) is 2.02. The number of ketones is 1. The fourth-order valence-corrected chi connectivity index (χ4v) is 2.70. The van der Waals surface area contributed by atoms with E-state index in [-0.39, 0.29) is 42.0 Å². The maximum Gasteiger partial charge on any atom is 0.164 e. The summed E-state index contributed by atoms with van der Waals surface area (Å²) in [6.45, 7) is 9.06. The molecule has 80 valence electrons. The minimum Gasteiger partial charge on any atom is -0.351 e. The average Bonchev–Trinajstić information content (AvgIpc) is 2.26. The van der Waals surface area contributed by atoms with Crippen molar-refractivity contribution in [3.63, 3.8) is 0 Å². The number of rotatable bonds is 0. The highest BCUT2D eigenvalue weighted by atomic mass is 16.7. The summed E-state index contributed by atoms with van der Waals surface area (Å²) in [5, 5.41) is 0. The van der Waals surface area contributed by atoms with Crippen LogP contribution in [0.5, 0.6) is 0 Å². The molecule has 0 unspecified atom stereocenters. The van der Waals surface area contributed by atoms with Gasteiger partial charge in [-0.3, -0.25) is 4.79 Å². The first kappa shape index (κ1) is 10.1.